The fraction of sp³-hybridized carbons (Fsp3) is 0.556. The number of benzene rings is 1. The van der Waals surface area contributed by atoms with Crippen molar-refractivity contribution in [3.05, 3.63) is 24.3 Å². The van der Waals surface area contributed by atoms with Gasteiger partial charge < -0.3 is 15.5 Å². The van der Waals surface area contributed by atoms with Crippen LogP contribution in [0.3, 0.4) is 0 Å². The Hall–Kier alpha value is -2.04. The molecule has 0 aliphatic heterocycles. The van der Waals surface area contributed by atoms with Gasteiger partial charge in [-0.3, -0.25) is 9.59 Å². The van der Waals surface area contributed by atoms with Gasteiger partial charge in [-0.15, -0.1) is 0 Å². The van der Waals surface area contributed by atoms with Gasteiger partial charge in [0.2, 0.25) is 11.8 Å². The molecule has 1 aromatic rings. The molecule has 0 spiro atoms. The molecule has 1 aromatic carbocycles. The van der Waals surface area contributed by atoms with Gasteiger partial charge in [0.05, 0.1) is 0 Å². The number of rotatable bonds is 7. The smallest absolute Gasteiger partial charge is 0.233 e. The zero-order chi connectivity index (χ0) is 16.7. The van der Waals surface area contributed by atoms with E-state index in [-0.39, 0.29) is 24.3 Å². The van der Waals surface area contributed by atoms with Crippen molar-refractivity contribution < 1.29 is 9.59 Å². The number of hydrogen-bond acceptors (Lipinski definition) is 3. The van der Waals surface area contributed by atoms with Gasteiger partial charge in [-0.25, -0.2) is 0 Å². The maximum absolute atomic E-state index is 11.9. The highest BCUT2D eigenvalue weighted by atomic mass is 16.2. The molecule has 0 unspecified atom stereocenters. The summed E-state index contributed by atoms with van der Waals surface area (Å²) in [6.45, 7) is 6.12. The van der Waals surface area contributed by atoms with Crippen LogP contribution in [-0.4, -0.2) is 30.9 Å². The lowest BCUT2D eigenvalue weighted by Gasteiger charge is -2.21. The Morgan fingerprint density at radius 2 is 1.65 bits per heavy atom. The van der Waals surface area contributed by atoms with Crippen molar-refractivity contribution in [3.8, 4) is 0 Å². The standard InChI is InChI=1S/C18H27N3O2/c1-3-21(4-2)16-11-9-15(10-12-16)20-18(23)13-17(22)19-14-7-5-6-8-14/h9-12,14H,3-8,13H2,1-2H3,(H,19,22)(H,20,23). The van der Waals surface area contributed by atoms with Crippen LogP contribution in [0.15, 0.2) is 24.3 Å². The molecule has 1 saturated carbocycles. The average Bonchev–Trinajstić information content (AvgIpc) is 3.02. The van der Waals surface area contributed by atoms with Gasteiger partial charge in [0.1, 0.15) is 6.42 Å². The second-order valence-corrected chi connectivity index (χ2v) is 5.99. The van der Waals surface area contributed by atoms with Crippen molar-refractivity contribution in [2.75, 3.05) is 23.3 Å². The number of nitrogens with one attached hydrogen (secondary N) is 2. The van der Waals surface area contributed by atoms with Crippen LogP contribution in [0.2, 0.25) is 0 Å². The van der Waals surface area contributed by atoms with Crippen molar-refractivity contribution in [3.63, 3.8) is 0 Å². The molecule has 1 aliphatic rings. The summed E-state index contributed by atoms with van der Waals surface area (Å²) in [6, 6.07) is 7.98. The summed E-state index contributed by atoms with van der Waals surface area (Å²) in [5, 5.41) is 5.71. The van der Waals surface area contributed by atoms with Gasteiger partial charge in [-0.05, 0) is 51.0 Å². The Bertz CT molecular complexity index is 518. The molecule has 5 nitrogen and oxygen atoms in total. The molecular weight excluding hydrogens is 290 g/mol. The van der Waals surface area contributed by atoms with E-state index < -0.39 is 0 Å². The van der Waals surface area contributed by atoms with E-state index in [9.17, 15) is 9.59 Å². The minimum atomic E-state index is -0.268. The van der Waals surface area contributed by atoms with Crippen LogP contribution < -0.4 is 15.5 Å². The molecule has 5 heteroatoms. The Morgan fingerprint density at radius 3 is 2.22 bits per heavy atom. The third-order valence-electron chi connectivity index (χ3n) is 4.32. The van der Waals surface area contributed by atoms with E-state index in [1.807, 2.05) is 24.3 Å². The second-order valence-electron chi connectivity index (χ2n) is 5.99. The summed E-state index contributed by atoms with van der Waals surface area (Å²) < 4.78 is 0. The largest absolute Gasteiger partial charge is 0.372 e. The number of nitrogens with zero attached hydrogens (tertiary/aromatic N) is 1. The van der Waals surface area contributed by atoms with Crippen molar-refractivity contribution >= 4 is 23.2 Å². The van der Waals surface area contributed by atoms with Crippen LogP contribution >= 0.6 is 0 Å². The van der Waals surface area contributed by atoms with Crippen molar-refractivity contribution in [2.45, 2.75) is 52.0 Å². The predicted molar refractivity (Wildman–Crippen MR) is 93.6 cm³/mol. The molecule has 1 fully saturated rings. The summed E-state index contributed by atoms with van der Waals surface area (Å²) in [5.74, 6) is -0.453. The van der Waals surface area contributed by atoms with E-state index in [4.69, 9.17) is 0 Å². The second kappa shape index (κ2) is 8.56. The lowest BCUT2D eigenvalue weighted by atomic mass is 10.2. The first-order chi connectivity index (χ1) is 11.1. The fourth-order valence-electron chi connectivity index (χ4n) is 3.04. The molecule has 0 aromatic heterocycles. The van der Waals surface area contributed by atoms with Gasteiger partial charge in [-0.2, -0.15) is 0 Å². The molecule has 0 heterocycles. The van der Waals surface area contributed by atoms with Gasteiger partial charge in [0.25, 0.3) is 0 Å². The molecule has 0 atom stereocenters. The van der Waals surface area contributed by atoms with Gasteiger partial charge in [0.15, 0.2) is 0 Å². The van der Waals surface area contributed by atoms with Gasteiger partial charge in [0, 0.05) is 30.5 Å². The normalized spacial score (nSPS) is 14.5. The zero-order valence-electron chi connectivity index (χ0n) is 14.1. The van der Waals surface area contributed by atoms with Crippen molar-refractivity contribution in [1.29, 1.82) is 0 Å². The van der Waals surface area contributed by atoms with Crippen LogP contribution in [0.1, 0.15) is 46.0 Å². The molecule has 2 N–H and O–H groups in total. The maximum Gasteiger partial charge on any atom is 0.233 e. The highest BCUT2D eigenvalue weighted by molar-refractivity contribution is 6.03. The van der Waals surface area contributed by atoms with Crippen LogP contribution in [-0.2, 0) is 9.59 Å². The van der Waals surface area contributed by atoms with E-state index >= 15 is 0 Å². The van der Waals surface area contributed by atoms with Crippen molar-refractivity contribution in [2.24, 2.45) is 0 Å². The van der Waals surface area contributed by atoms with Crippen molar-refractivity contribution in [1.82, 2.24) is 5.32 Å². The molecule has 2 amide bonds. The highest BCUT2D eigenvalue weighted by Crippen LogP contribution is 2.19. The third kappa shape index (κ3) is 5.27. The van der Waals surface area contributed by atoms with Crippen LogP contribution in [0.4, 0.5) is 11.4 Å². The summed E-state index contributed by atoms with van der Waals surface area (Å²) >= 11 is 0. The first-order valence-electron chi connectivity index (χ1n) is 8.56. The summed E-state index contributed by atoms with van der Waals surface area (Å²) in [6.07, 6.45) is 4.26. The number of anilines is 2. The molecule has 23 heavy (non-hydrogen) atoms. The van der Waals surface area contributed by atoms with Crippen LogP contribution in [0, 0.1) is 0 Å². The van der Waals surface area contributed by atoms with E-state index in [0.717, 1.165) is 50.1 Å². The number of amides is 2. The molecule has 0 radical (unpaired) electrons. The summed E-state index contributed by atoms with van der Waals surface area (Å²) in [7, 11) is 0. The maximum atomic E-state index is 11.9. The minimum absolute atomic E-state index is 0.117. The Kier molecular flexibility index (Phi) is 6.44. The minimum Gasteiger partial charge on any atom is -0.372 e. The number of carbonyl (C=O) groups is 2. The molecule has 0 bridgehead atoms. The first kappa shape index (κ1) is 17.3. The number of hydrogen-bond donors (Lipinski definition) is 2. The Labute approximate surface area is 138 Å². The molecule has 0 saturated heterocycles. The first-order valence-corrected chi connectivity index (χ1v) is 8.56. The number of carbonyl (C=O) groups excluding carboxylic acids is 2. The Balaban J connectivity index is 1.81. The lowest BCUT2D eigenvalue weighted by molar-refractivity contribution is -0.127. The topological polar surface area (TPSA) is 61.4 Å². The molecule has 2 rings (SSSR count). The monoisotopic (exact) mass is 317 g/mol. The van der Waals surface area contributed by atoms with Crippen LogP contribution in [0.25, 0.3) is 0 Å². The Morgan fingerprint density at radius 1 is 1.04 bits per heavy atom. The third-order valence-corrected chi connectivity index (χ3v) is 4.32. The van der Waals surface area contributed by atoms with Crippen LogP contribution in [0.5, 0.6) is 0 Å². The predicted octanol–water partition coefficient (Wildman–Crippen LogP) is 2.92. The molecule has 1 aliphatic carbocycles. The fourth-order valence-corrected chi connectivity index (χ4v) is 3.04. The van der Waals surface area contributed by atoms with Gasteiger partial charge >= 0.3 is 0 Å². The van der Waals surface area contributed by atoms with E-state index in [2.05, 4.69) is 29.4 Å². The van der Waals surface area contributed by atoms with E-state index in [1.165, 1.54) is 0 Å². The molecular formula is C18H27N3O2. The SMILES string of the molecule is CCN(CC)c1ccc(NC(=O)CC(=O)NC2CCCC2)cc1. The summed E-state index contributed by atoms with van der Waals surface area (Å²) in [5.41, 5.74) is 1.85. The lowest BCUT2D eigenvalue weighted by Crippen LogP contribution is -2.35. The quantitative estimate of drug-likeness (QED) is 0.760. The highest BCUT2D eigenvalue weighted by Gasteiger charge is 2.18. The summed E-state index contributed by atoms with van der Waals surface area (Å²) in [4.78, 5) is 26.0. The van der Waals surface area contributed by atoms with E-state index in [1.54, 1.807) is 0 Å². The van der Waals surface area contributed by atoms with E-state index in [0.29, 0.717) is 0 Å². The zero-order valence-corrected chi connectivity index (χ0v) is 14.1. The average molecular weight is 317 g/mol. The molecule has 126 valence electrons. The van der Waals surface area contributed by atoms with Gasteiger partial charge in [-0.1, -0.05) is 12.8 Å².